The van der Waals surface area contributed by atoms with E-state index in [0.717, 1.165) is 14.6 Å². The smallest absolute Gasteiger partial charge is 0.316 e. The van der Waals surface area contributed by atoms with E-state index in [1.165, 1.54) is 4.88 Å². The predicted octanol–water partition coefficient (Wildman–Crippen LogP) is 5.68. The van der Waals surface area contributed by atoms with Gasteiger partial charge in [0.2, 0.25) is 0 Å². The summed E-state index contributed by atoms with van der Waals surface area (Å²) in [5.74, 6) is 0. The molecule has 0 aliphatic rings. The largest absolute Gasteiger partial charge is 3.00 e. The van der Waals surface area contributed by atoms with Crippen LogP contribution in [-0.2, 0) is 182 Å². The van der Waals surface area contributed by atoms with E-state index in [1.54, 1.807) is 34.0 Å². The molecule has 3 rings (SSSR count). The molecule has 0 N–H and O–H groups in total. The first-order valence-corrected chi connectivity index (χ1v) is 7.97. The minimum absolute atomic E-state index is 0. The van der Waals surface area contributed by atoms with Crippen LogP contribution >= 0.6 is 34.0 Å². The summed E-state index contributed by atoms with van der Waals surface area (Å²) in [5.41, 5.74) is 0. The summed E-state index contributed by atoms with van der Waals surface area (Å²) < 4.78 is 0. The fourth-order valence-electron chi connectivity index (χ4n) is 1.03. The molecule has 2 radical (unpaired) electrons. The quantitative estimate of drug-likeness (QED) is 0.255. The minimum Gasteiger partial charge on any atom is -0.316 e. The minimum atomic E-state index is 0. The average Bonchev–Trinajstić information content (AvgIpc) is 3.07. The molecule has 0 saturated carbocycles. The van der Waals surface area contributed by atoms with Crippen molar-refractivity contribution in [2.24, 2.45) is 0 Å². The first-order chi connectivity index (χ1) is 9.08. The zero-order valence-corrected chi connectivity index (χ0v) is 36.9. The predicted molar refractivity (Wildman–Crippen MR) is 88.7 cm³/mol. The summed E-state index contributed by atoms with van der Waals surface area (Å²) in [6, 6.07) is 11.7. The van der Waals surface area contributed by atoms with Crippen molar-refractivity contribution in [2.45, 2.75) is 6.92 Å². The monoisotopic (exact) mass is 1310 g/mol. The summed E-state index contributed by atoms with van der Waals surface area (Å²) in [5, 5.41) is 5.82. The van der Waals surface area contributed by atoms with Gasteiger partial charge in [-0.25, -0.2) is 28.8 Å². The topological polar surface area (TPSA) is 0 Å². The average molecular weight is 1310 g/mol. The number of hydrogen-bond acceptors (Lipinski definition) is 3. The van der Waals surface area contributed by atoms with Crippen molar-refractivity contribution in [3.63, 3.8) is 0 Å². The van der Waals surface area contributed by atoms with Crippen LogP contribution in [0.5, 0.6) is 0 Å². The van der Waals surface area contributed by atoms with Crippen LogP contribution in [0, 0.1) is 38.5 Å². The van der Waals surface area contributed by atoms with Gasteiger partial charge in [0.15, 0.2) is 0 Å². The molecule has 0 aromatic carbocycles. The van der Waals surface area contributed by atoms with Crippen LogP contribution < -0.4 is 0 Å². The summed E-state index contributed by atoms with van der Waals surface area (Å²) in [6.45, 7) is 13.2. The third-order valence-corrected chi connectivity index (χ3v) is 4.01. The van der Waals surface area contributed by atoms with Gasteiger partial charge < -0.3 is 22.7 Å². The number of hydrogen-bond donors (Lipinski definition) is 0. The van der Waals surface area contributed by atoms with Gasteiger partial charge in [0.05, 0.1) is 0 Å². The zero-order chi connectivity index (χ0) is 14.1. The molecule has 0 saturated heterocycles. The molecule has 0 aliphatic carbocycles. The van der Waals surface area contributed by atoms with Crippen LogP contribution in [0.4, 0.5) is 0 Å². The molecule has 0 aliphatic heterocycles. The first kappa shape index (κ1) is 48.3. The molecule has 0 spiro atoms. The summed E-state index contributed by atoms with van der Waals surface area (Å²) in [4.78, 5) is 4.65. The molecule has 0 nitrogen and oxygen atoms in total. The van der Waals surface area contributed by atoms with Crippen molar-refractivity contribution in [1.82, 2.24) is 0 Å². The first-order valence-electron chi connectivity index (χ1n) is 5.52. The van der Waals surface area contributed by atoms with Crippen molar-refractivity contribution in [2.75, 3.05) is 0 Å². The van der Waals surface area contributed by atoms with Crippen molar-refractivity contribution in [3.05, 3.63) is 87.4 Å². The molecule has 0 atom stereocenters. The zero-order valence-electron chi connectivity index (χ0n) is 14.2. The van der Waals surface area contributed by atoms with E-state index in [9.17, 15) is 0 Å². The Balaban J connectivity index is -0.0000000368. The van der Waals surface area contributed by atoms with Crippen molar-refractivity contribution >= 4 is 34.0 Å². The van der Waals surface area contributed by atoms with E-state index >= 15 is 0 Å². The van der Waals surface area contributed by atoms with Gasteiger partial charge in [0.25, 0.3) is 0 Å². The maximum Gasteiger partial charge on any atom is 3.00 e. The molecule has 26 heavy (non-hydrogen) atoms. The second kappa shape index (κ2) is 32.0. The Hall–Kier alpha value is 4.77. The molecular formula is C16H15S3W4Y3-2. The summed E-state index contributed by atoms with van der Waals surface area (Å²) >= 11 is 4.81. The Morgan fingerprint density at radius 1 is 0.692 bits per heavy atom. The van der Waals surface area contributed by atoms with Crippen molar-refractivity contribution < 1.29 is 182 Å². The third kappa shape index (κ3) is 28.8. The number of aryl methyl sites for hydroxylation is 1. The molecule has 0 amide bonds. The molecular weight excluding hydrogens is 1290 g/mol. The van der Waals surface area contributed by atoms with Gasteiger partial charge in [0.1, 0.15) is 0 Å². The van der Waals surface area contributed by atoms with Crippen molar-refractivity contribution in [3.8, 4) is 0 Å². The number of rotatable bonds is 0. The van der Waals surface area contributed by atoms with Gasteiger partial charge in [-0.1, -0.05) is 0 Å². The van der Waals surface area contributed by atoms with Crippen LogP contribution in [0.1, 0.15) is 19.5 Å². The number of thiophene rings is 3. The molecule has 10 heteroatoms. The molecule has 3 aromatic heterocycles. The Labute approximate surface area is 304 Å². The van der Waals surface area contributed by atoms with E-state index in [2.05, 4.69) is 44.5 Å². The Bertz CT molecular complexity index is 510. The maximum atomic E-state index is 3.76. The molecule has 3 heterocycles. The van der Waals surface area contributed by atoms with Crippen LogP contribution in [0.15, 0.2) is 36.4 Å². The maximum absolute atomic E-state index is 3.76. The van der Waals surface area contributed by atoms with Gasteiger partial charge in [-0.2, -0.15) is 29.5 Å². The third-order valence-electron chi connectivity index (χ3n) is 1.85. The molecule has 3 aromatic rings. The van der Waals surface area contributed by atoms with Crippen LogP contribution in [-0.4, -0.2) is 0 Å². The molecule has 0 unspecified atom stereocenters. The van der Waals surface area contributed by atoms with E-state index in [4.69, 9.17) is 0 Å². The standard InChI is InChI=1S/C6H7S.2C5H4S.4W.3Y/c1-5-3-4-6(2)7-5;2*1-5-3-2-4-6-5;;;;;;;/h3-4H,1H2,2H3;2*2-3H,1H2;;;;;;;/q-1;2*-2;;;;;;;+3. The van der Waals surface area contributed by atoms with E-state index in [0.29, 0.717) is 0 Å². The van der Waals surface area contributed by atoms with E-state index < -0.39 is 0 Å². The Kier molecular flexibility index (Phi) is 59.3. The Morgan fingerprint density at radius 3 is 1.15 bits per heavy atom. The van der Waals surface area contributed by atoms with Gasteiger partial charge in [-0.05, 0) is 11.8 Å². The van der Waals surface area contributed by atoms with Crippen molar-refractivity contribution in [1.29, 1.82) is 0 Å². The fourth-order valence-corrected chi connectivity index (χ4v) is 2.56. The summed E-state index contributed by atoms with van der Waals surface area (Å²) in [6.07, 6.45) is 0. The summed E-state index contributed by atoms with van der Waals surface area (Å²) in [7, 11) is 0. The van der Waals surface area contributed by atoms with Gasteiger partial charge >= 0.3 is 32.7 Å². The second-order valence-electron chi connectivity index (χ2n) is 3.55. The molecule has 0 bridgehead atoms. The second-order valence-corrected chi connectivity index (χ2v) is 6.85. The van der Waals surface area contributed by atoms with Gasteiger partial charge in [-0.15, -0.1) is 21.7 Å². The Morgan fingerprint density at radius 2 is 1.08 bits per heavy atom. The molecule has 0 fully saturated rings. The fraction of sp³-hybridized carbons (Fsp3) is 0.0625. The molecule has 132 valence electrons. The normalized spacial score (nSPS) is 6.50. The van der Waals surface area contributed by atoms with Crippen LogP contribution in [0.25, 0.3) is 0 Å². The van der Waals surface area contributed by atoms with E-state index in [1.807, 2.05) is 30.3 Å². The van der Waals surface area contributed by atoms with Gasteiger partial charge in [0, 0.05) is 150 Å². The van der Waals surface area contributed by atoms with Gasteiger partial charge in [-0.3, -0.25) is 13.8 Å². The van der Waals surface area contributed by atoms with E-state index in [-0.39, 0.29) is 182 Å². The SMILES string of the molecule is [CH2-]c1cc[c-]s1.[CH2-]c1cc[c-]s1.[CH2-]c1ccc(C)s1.[W].[W].[W].[W].[Y+3].[Y].[Y]. The van der Waals surface area contributed by atoms with Crippen LogP contribution in [0.2, 0.25) is 0 Å². The van der Waals surface area contributed by atoms with Crippen LogP contribution in [0.3, 0.4) is 0 Å².